The lowest BCUT2D eigenvalue weighted by atomic mass is 10.0. The number of ketones is 1. The molecule has 140 valence electrons. The molecule has 3 rings (SSSR count). The van der Waals surface area contributed by atoms with E-state index in [1.807, 2.05) is 0 Å². The fraction of sp³-hybridized carbons (Fsp3) is 0.444. The molecule has 0 saturated carbocycles. The number of carbonyl (C=O) groups excluding carboxylic acids is 2. The number of benzene rings is 1. The Hall–Kier alpha value is -2.35. The second-order valence-corrected chi connectivity index (χ2v) is 6.16. The highest BCUT2D eigenvalue weighted by Crippen LogP contribution is 2.40. The van der Waals surface area contributed by atoms with E-state index in [0.717, 1.165) is 0 Å². The van der Waals surface area contributed by atoms with Gasteiger partial charge in [0, 0.05) is 17.4 Å². The molecule has 0 amide bonds. The van der Waals surface area contributed by atoms with Crippen molar-refractivity contribution in [2.75, 3.05) is 6.61 Å². The van der Waals surface area contributed by atoms with E-state index in [1.165, 1.54) is 6.07 Å². The normalized spacial score (nSPS) is 20.0. The molecule has 2 aromatic rings. The molecule has 0 saturated heterocycles. The maximum Gasteiger partial charge on any atom is 0.454 e. The summed E-state index contributed by atoms with van der Waals surface area (Å²) in [7, 11) is 0. The summed E-state index contributed by atoms with van der Waals surface area (Å²) in [5, 5.41) is 0.205. The summed E-state index contributed by atoms with van der Waals surface area (Å²) in [5.41, 5.74) is 0.146. The van der Waals surface area contributed by atoms with Gasteiger partial charge in [0.05, 0.1) is 30.4 Å². The van der Waals surface area contributed by atoms with Gasteiger partial charge in [0.25, 0.3) is 5.78 Å². The number of nitrogens with zero attached hydrogens (tertiary/aromatic N) is 1. The van der Waals surface area contributed by atoms with Gasteiger partial charge in [-0.15, -0.1) is 0 Å². The minimum absolute atomic E-state index is 0.0830. The van der Waals surface area contributed by atoms with Gasteiger partial charge >= 0.3 is 12.1 Å². The monoisotopic (exact) mass is 369 g/mol. The van der Waals surface area contributed by atoms with Crippen molar-refractivity contribution >= 4 is 22.7 Å². The zero-order chi connectivity index (χ0) is 19.1. The molecular formula is C18H18F3NO4. The van der Waals surface area contributed by atoms with E-state index in [4.69, 9.17) is 9.47 Å². The number of Topliss-reactive ketones (excluding diaryl/α,β-unsaturated/α-hetero) is 1. The number of para-hydroxylation sites is 1. The Morgan fingerprint density at radius 2 is 2.00 bits per heavy atom. The van der Waals surface area contributed by atoms with Gasteiger partial charge in [0.2, 0.25) is 0 Å². The second-order valence-electron chi connectivity index (χ2n) is 6.16. The molecule has 0 bridgehead atoms. The van der Waals surface area contributed by atoms with Crippen LogP contribution >= 0.6 is 0 Å². The summed E-state index contributed by atoms with van der Waals surface area (Å²) in [5.74, 6) is -2.52. The van der Waals surface area contributed by atoms with E-state index >= 15 is 0 Å². The van der Waals surface area contributed by atoms with Gasteiger partial charge in [-0.2, -0.15) is 13.2 Å². The predicted molar refractivity (Wildman–Crippen MR) is 86.9 cm³/mol. The first-order valence-corrected chi connectivity index (χ1v) is 8.27. The van der Waals surface area contributed by atoms with E-state index < -0.39 is 29.6 Å². The molecule has 0 unspecified atom stereocenters. The van der Waals surface area contributed by atoms with Crippen LogP contribution in [0, 0.1) is 0 Å². The lowest BCUT2D eigenvalue weighted by molar-refractivity contribution is -0.148. The third-order valence-corrected chi connectivity index (χ3v) is 4.29. The Labute approximate surface area is 147 Å². The van der Waals surface area contributed by atoms with Crippen LogP contribution in [0.4, 0.5) is 13.2 Å². The Morgan fingerprint density at radius 1 is 1.31 bits per heavy atom. The predicted octanol–water partition coefficient (Wildman–Crippen LogP) is 3.80. The van der Waals surface area contributed by atoms with Crippen LogP contribution in [0.15, 0.2) is 24.3 Å². The van der Waals surface area contributed by atoms with Crippen LogP contribution in [-0.2, 0) is 20.8 Å². The van der Waals surface area contributed by atoms with Crippen molar-refractivity contribution in [2.45, 2.75) is 45.2 Å². The van der Waals surface area contributed by atoms with Crippen molar-refractivity contribution in [3.63, 3.8) is 0 Å². The number of hydrogen-bond donors (Lipinski definition) is 0. The summed E-state index contributed by atoms with van der Waals surface area (Å²) < 4.78 is 51.9. The lowest BCUT2D eigenvalue weighted by Gasteiger charge is -2.31. The zero-order valence-corrected chi connectivity index (χ0v) is 14.3. The third-order valence-electron chi connectivity index (χ3n) is 4.29. The largest absolute Gasteiger partial charge is 0.466 e. The fourth-order valence-corrected chi connectivity index (χ4v) is 3.40. The number of ether oxygens (including phenoxy) is 2. The highest BCUT2D eigenvalue weighted by Gasteiger charge is 2.45. The van der Waals surface area contributed by atoms with Crippen molar-refractivity contribution < 1.29 is 32.2 Å². The van der Waals surface area contributed by atoms with Gasteiger partial charge in [0.1, 0.15) is 6.10 Å². The molecule has 1 aliphatic heterocycles. The average molecular weight is 369 g/mol. The van der Waals surface area contributed by atoms with Crippen LogP contribution in [0.25, 0.3) is 10.9 Å². The molecule has 5 nitrogen and oxygen atoms in total. The molecule has 0 radical (unpaired) electrons. The summed E-state index contributed by atoms with van der Waals surface area (Å²) in [6, 6.07) is 6.40. The second kappa shape index (κ2) is 6.75. The first-order chi connectivity index (χ1) is 12.2. The number of halogens is 3. The van der Waals surface area contributed by atoms with Gasteiger partial charge in [-0.05, 0) is 19.9 Å². The van der Waals surface area contributed by atoms with Crippen LogP contribution in [0.1, 0.15) is 42.4 Å². The molecule has 0 N–H and O–H groups in total. The first kappa shape index (κ1) is 18.4. The van der Waals surface area contributed by atoms with Gasteiger partial charge in [-0.3, -0.25) is 9.59 Å². The third kappa shape index (κ3) is 3.21. The molecule has 8 heteroatoms. The van der Waals surface area contributed by atoms with Gasteiger partial charge in [-0.1, -0.05) is 18.2 Å². The minimum atomic E-state index is -5.02. The van der Waals surface area contributed by atoms with E-state index in [0.29, 0.717) is 12.1 Å². The highest BCUT2D eigenvalue weighted by molar-refractivity contribution is 6.12. The number of esters is 1. The van der Waals surface area contributed by atoms with E-state index in [9.17, 15) is 22.8 Å². The number of rotatable bonds is 4. The summed E-state index contributed by atoms with van der Waals surface area (Å²) in [6.45, 7) is 3.84. The standard InChI is InChI=1S/C18H18F3NO4/c1-3-25-14(23)8-13-16-15(17(24)18(19,20)21)11-6-4-5-7-12(11)22(16)9-10(2)26-13/h4-7,10,13H,3,8-9H2,1-2H3/t10-,13+/m0/s1. The number of fused-ring (bicyclic) bond motifs is 3. The summed E-state index contributed by atoms with van der Waals surface area (Å²) in [6.07, 6.45) is -6.59. The van der Waals surface area contributed by atoms with Gasteiger partial charge in [-0.25, -0.2) is 0 Å². The quantitative estimate of drug-likeness (QED) is 0.608. The van der Waals surface area contributed by atoms with Crippen LogP contribution in [0.2, 0.25) is 0 Å². The maximum absolute atomic E-state index is 13.2. The Balaban J connectivity index is 2.21. The number of aromatic nitrogens is 1. The number of alkyl halides is 3. The van der Waals surface area contributed by atoms with Crippen molar-refractivity contribution in [2.24, 2.45) is 0 Å². The van der Waals surface area contributed by atoms with E-state index in [1.54, 1.807) is 36.6 Å². The number of carbonyl (C=O) groups is 2. The zero-order valence-electron chi connectivity index (χ0n) is 14.3. The van der Waals surface area contributed by atoms with Crippen molar-refractivity contribution in [1.82, 2.24) is 4.57 Å². The van der Waals surface area contributed by atoms with Crippen molar-refractivity contribution in [1.29, 1.82) is 0 Å². The minimum Gasteiger partial charge on any atom is -0.466 e. The van der Waals surface area contributed by atoms with Crippen LogP contribution in [0.3, 0.4) is 0 Å². The lowest BCUT2D eigenvalue weighted by Crippen LogP contribution is -2.32. The molecule has 2 heterocycles. The maximum atomic E-state index is 13.2. The van der Waals surface area contributed by atoms with Crippen molar-refractivity contribution in [3.05, 3.63) is 35.5 Å². The van der Waals surface area contributed by atoms with Gasteiger partial charge < -0.3 is 14.0 Å². The fourth-order valence-electron chi connectivity index (χ4n) is 3.40. The summed E-state index contributed by atoms with van der Waals surface area (Å²) in [4.78, 5) is 24.0. The Kier molecular flexibility index (Phi) is 4.79. The molecule has 1 aromatic carbocycles. The van der Waals surface area contributed by atoms with Crippen molar-refractivity contribution in [3.8, 4) is 0 Å². The molecule has 0 aliphatic carbocycles. The molecular weight excluding hydrogens is 351 g/mol. The van der Waals surface area contributed by atoms with Crippen LogP contribution < -0.4 is 0 Å². The SMILES string of the molecule is CCOC(=O)C[C@H]1O[C@@H](C)Cn2c1c(C(=O)C(F)(F)F)c1ccccc12. The molecule has 1 aromatic heterocycles. The molecule has 2 atom stereocenters. The molecule has 0 fully saturated rings. The first-order valence-electron chi connectivity index (χ1n) is 8.27. The molecule has 1 aliphatic rings. The molecule has 26 heavy (non-hydrogen) atoms. The van der Waals surface area contributed by atoms with Crippen LogP contribution in [0.5, 0.6) is 0 Å². The Bertz CT molecular complexity index is 856. The Morgan fingerprint density at radius 3 is 2.65 bits per heavy atom. The van der Waals surface area contributed by atoms with Gasteiger partial charge in [0.15, 0.2) is 0 Å². The molecule has 0 spiro atoms. The summed E-state index contributed by atoms with van der Waals surface area (Å²) >= 11 is 0. The van der Waals surface area contributed by atoms with E-state index in [-0.39, 0.29) is 30.2 Å². The topological polar surface area (TPSA) is 57.5 Å². The smallest absolute Gasteiger partial charge is 0.454 e. The van der Waals surface area contributed by atoms with Crippen LogP contribution in [-0.4, -0.2) is 35.2 Å². The highest BCUT2D eigenvalue weighted by atomic mass is 19.4. The average Bonchev–Trinajstić information content (AvgIpc) is 2.88. The van der Waals surface area contributed by atoms with E-state index in [2.05, 4.69) is 0 Å². The number of hydrogen-bond acceptors (Lipinski definition) is 4.